The van der Waals surface area contributed by atoms with E-state index in [-0.39, 0.29) is 6.67 Å². The predicted molar refractivity (Wildman–Crippen MR) is 46.1 cm³/mol. The fraction of sp³-hybridized carbons (Fsp3) is 1.00. The maximum absolute atomic E-state index is 11.4. The van der Waals surface area contributed by atoms with Gasteiger partial charge in [-0.2, -0.15) is 0 Å². The molecule has 0 aliphatic rings. The van der Waals surface area contributed by atoms with E-state index in [9.17, 15) is 4.39 Å². The molecule has 0 bridgehead atoms. The number of halogens is 1. The topological polar surface area (TPSA) is 0 Å². The molecule has 0 unspecified atom stereocenters. The molecule has 0 atom stereocenters. The summed E-state index contributed by atoms with van der Waals surface area (Å²) < 4.78 is 11.4. The highest BCUT2D eigenvalue weighted by atomic mass is 19.1. The fourth-order valence-corrected chi connectivity index (χ4v) is 0.698. The van der Waals surface area contributed by atoms with Crippen molar-refractivity contribution in [3.8, 4) is 0 Å². The third-order valence-electron chi connectivity index (χ3n) is 1.24. The lowest BCUT2D eigenvalue weighted by molar-refractivity contribution is 0.452. The molecule has 0 rings (SSSR count). The number of hydrogen-bond acceptors (Lipinski definition) is 0. The van der Waals surface area contributed by atoms with Crippen molar-refractivity contribution in [2.45, 2.75) is 52.9 Å². The van der Waals surface area contributed by atoms with Crippen LogP contribution in [0.4, 0.5) is 4.39 Å². The van der Waals surface area contributed by atoms with Gasteiger partial charge in [0.15, 0.2) is 0 Å². The zero-order valence-electron chi connectivity index (χ0n) is 7.62. The van der Waals surface area contributed by atoms with Crippen LogP contribution in [0, 0.1) is 0 Å². The molecule has 0 aliphatic heterocycles. The van der Waals surface area contributed by atoms with Crippen molar-refractivity contribution in [2.24, 2.45) is 0 Å². The first-order valence-corrected chi connectivity index (χ1v) is 4.47. The number of rotatable bonds is 5. The van der Waals surface area contributed by atoms with E-state index in [0.717, 1.165) is 12.8 Å². The fourth-order valence-electron chi connectivity index (χ4n) is 0.698. The van der Waals surface area contributed by atoms with E-state index in [1.165, 1.54) is 19.3 Å². The minimum Gasteiger partial charge on any atom is -0.251 e. The molecular formula is C9H21F. The molecule has 0 amide bonds. The molecule has 0 saturated carbocycles. The normalized spacial score (nSPS) is 8.40. The second-order valence-corrected chi connectivity index (χ2v) is 2.10. The van der Waals surface area contributed by atoms with Crippen molar-refractivity contribution in [3.05, 3.63) is 0 Å². The van der Waals surface area contributed by atoms with E-state index < -0.39 is 0 Å². The first-order chi connectivity index (χ1) is 4.91. The minimum atomic E-state index is -0.135. The SMILES string of the molecule is CC.CCCCCCCF. The summed E-state index contributed by atoms with van der Waals surface area (Å²) in [5.41, 5.74) is 0. The molecule has 0 aliphatic carbocycles. The van der Waals surface area contributed by atoms with Gasteiger partial charge in [-0.25, -0.2) is 0 Å². The van der Waals surface area contributed by atoms with Crippen LogP contribution in [0.3, 0.4) is 0 Å². The van der Waals surface area contributed by atoms with Gasteiger partial charge in [0.05, 0.1) is 6.67 Å². The van der Waals surface area contributed by atoms with E-state index >= 15 is 0 Å². The van der Waals surface area contributed by atoms with Crippen molar-refractivity contribution in [3.63, 3.8) is 0 Å². The van der Waals surface area contributed by atoms with E-state index in [1.54, 1.807) is 0 Å². The van der Waals surface area contributed by atoms with Gasteiger partial charge in [0.2, 0.25) is 0 Å². The average molecular weight is 148 g/mol. The van der Waals surface area contributed by atoms with E-state index in [0.29, 0.717) is 0 Å². The summed E-state index contributed by atoms with van der Waals surface area (Å²) in [5, 5.41) is 0. The maximum Gasteiger partial charge on any atom is 0.0894 e. The lowest BCUT2D eigenvalue weighted by atomic mass is 10.2. The van der Waals surface area contributed by atoms with Gasteiger partial charge in [-0.15, -0.1) is 0 Å². The molecule has 0 N–H and O–H groups in total. The van der Waals surface area contributed by atoms with Gasteiger partial charge in [0.25, 0.3) is 0 Å². The summed E-state index contributed by atoms with van der Waals surface area (Å²) in [6.45, 7) is 6.03. The second-order valence-electron chi connectivity index (χ2n) is 2.10. The molecular weight excluding hydrogens is 127 g/mol. The van der Waals surface area contributed by atoms with Gasteiger partial charge in [-0.3, -0.25) is 4.39 Å². The Labute approximate surface area is 64.8 Å². The Morgan fingerprint density at radius 2 is 1.40 bits per heavy atom. The average Bonchev–Trinajstić information content (AvgIpc) is 2.02. The van der Waals surface area contributed by atoms with Crippen LogP contribution in [0.2, 0.25) is 0 Å². The Hall–Kier alpha value is -0.0700. The van der Waals surface area contributed by atoms with Crippen LogP contribution in [-0.4, -0.2) is 6.67 Å². The summed E-state index contributed by atoms with van der Waals surface area (Å²) >= 11 is 0. The van der Waals surface area contributed by atoms with Crippen molar-refractivity contribution >= 4 is 0 Å². The first-order valence-electron chi connectivity index (χ1n) is 4.47. The Kier molecular flexibility index (Phi) is 20.1. The molecule has 0 nitrogen and oxygen atoms in total. The molecule has 10 heavy (non-hydrogen) atoms. The lowest BCUT2D eigenvalue weighted by Gasteiger charge is -1.92. The Bertz CT molecular complexity index is 29.7. The largest absolute Gasteiger partial charge is 0.251 e. The summed E-state index contributed by atoms with van der Waals surface area (Å²) in [5.74, 6) is 0. The monoisotopic (exact) mass is 148 g/mol. The summed E-state index contributed by atoms with van der Waals surface area (Å²) in [6, 6.07) is 0. The smallest absolute Gasteiger partial charge is 0.0894 e. The summed E-state index contributed by atoms with van der Waals surface area (Å²) in [6.07, 6.45) is 5.55. The highest BCUT2D eigenvalue weighted by Gasteiger charge is 1.84. The van der Waals surface area contributed by atoms with E-state index in [1.807, 2.05) is 13.8 Å². The van der Waals surface area contributed by atoms with Crippen LogP contribution in [0.1, 0.15) is 52.9 Å². The van der Waals surface area contributed by atoms with Gasteiger partial charge in [0, 0.05) is 0 Å². The molecule has 0 fully saturated rings. The summed E-state index contributed by atoms with van der Waals surface area (Å²) in [4.78, 5) is 0. The standard InChI is InChI=1S/C7H15F.C2H6/c1-2-3-4-5-6-7-8;1-2/h2-7H2,1H3;1-2H3. The summed E-state index contributed by atoms with van der Waals surface area (Å²) in [7, 11) is 0. The molecule has 64 valence electrons. The molecule has 0 spiro atoms. The van der Waals surface area contributed by atoms with Crippen LogP contribution in [-0.2, 0) is 0 Å². The van der Waals surface area contributed by atoms with E-state index in [4.69, 9.17) is 0 Å². The lowest BCUT2D eigenvalue weighted by Crippen LogP contribution is -1.77. The number of alkyl halides is 1. The van der Waals surface area contributed by atoms with Crippen LogP contribution in [0.15, 0.2) is 0 Å². The molecule has 0 aromatic carbocycles. The quantitative estimate of drug-likeness (QED) is 0.518. The molecule has 0 aromatic heterocycles. The van der Waals surface area contributed by atoms with Gasteiger partial charge < -0.3 is 0 Å². The first kappa shape index (κ1) is 12.6. The minimum absolute atomic E-state index is 0.135. The Morgan fingerprint density at radius 1 is 0.900 bits per heavy atom. The van der Waals surface area contributed by atoms with Crippen molar-refractivity contribution in [2.75, 3.05) is 6.67 Å². The third-order valence-corrected chi connectivity index (χ3v) is 1.24. The number of hydrogen-bond donors (Lipinski definition) is 0. The Balaban J connectivity index is 0. The third kappa shape index (κ3) is 15.7. The zero-order chi connectivity index (χ0) is 8.24. The molecule has 0 aromatic rings. The van der Waals surface area contributed by atoms with E-state index in [2.05, 4.69) is 6.92 Å². The highest BCUT2D eigenvalue weighted by Crippen LogP contribution is 2.01. The van der Waals surface area contributed by atoms with Crippen LogP contribution in [0.25, 0.3) is 0 Å². The van der Waals surface area contributed by atoms with Crippen molar-refractivity contribution in [1.29, 1.82) is 0 Å². The van der Waals surface area contributed by atoms with Gasteiger partial charge in [-0.05, 0) is 6.42 Å². The zero-order valence-corrected chi connectivity index (χ0v) is 7.62. The molecule has 0 heterocycles. The Morgan fingerprint density at radius 3 is 1.80 bits per heavy atom. The van der Waals surface area contributed by atoms with Crippen LogP contribution >= 0.6 is 0 Å². The highest BCUT2D eigenvalue weighted by molar-refractivity contribution is 4.39. The molecule has 1 heteroatoms. The van der Waals surface area contributed by atoms with Crippen LogP contribution in [0.5, 0.6) is 0 Å². The van der Waals surface area contributed by atoms with Crippen molar-refractivity contribution < 1.29 is 4.39 Å². The molecule has 0 saturated heterocycles. The van der Waals surface area contributed by atoms with Crippen molar-refractivity contribution in [1.82, 2.24) is 0 Å². The van der Waals surface area contributed by atoms with Crippen LogP contribution < -0.4 is 0 Å². The second kappa shape index (κ2) is 16.0. The van der Waals surface area contributed by atoms with Gasteiger partial charge in [0.1, 0.15) is 0 Å². The predicted octanol–water partition coefficient (Wildman–Crippen LogP) is 3.95. The van der Waals surface area contributed by atoms with Gasteiger partial charge in [-0.1, -0.05) is 46.5 Å². The maximum atomic E-state index is 11.4. The van der Waals surface area contributed by atoms with Gasteiger partial charge >= 0.3 is 0 Å². The molecule has 0 radical (unpaired) electrons. The number of unbranched alkanes of at least 4 members (excludes halogenated alkanes) is 4.